The van der Waals surface area contributed by atoms with Gasteiger partial charge in [0.15, 0.2) is 5.96 Å². The number of aromatic nitrogens is 5. The number of nitrogens with zero attached hydrogens (tertiary/aromatic N) is 3. The number of aliphatic imine (C=N–C) groups is 1. The highest BCUT2D eigenvalue weighted by atomic mass is 16.4. The molecule has 1 aromatic carbocycles. The van der Waals surface area contributed by atoms with Crippen molar-refractivity contribution in [1.82, 2.24) is 67.5 Å². The summed E-state index contributed by atoms with van der Waals surface area (Å²) in [4.78, 5) is 141. The van der Waals surface area contributed by atoms with Crippen molar-refractivity contribution < 1.29 is 53.4 Å². The molecule has 0 saturated carbocycles. The number of carbonyl (C=O) groups is 9. The molecule has 4 aromatic rings. The zero-order chi connectivity index (χ0) is 56.2. The minimum absolute atomic E-state index is 0.0247. The standard InChI is InChI=1S/C48H71N17O11/c1-23(2)14-35(45(73)65-38(27(6)66)46(74)60-24(3)39(67)58-25(4)41(69)64-37(47(75)76)17-30-20-53-22-57-30)62-40(68)26(5)59-44(72)36(15-28-18-55-33-11-8-7-10-31(28)33)63-43(71)34(12-9-13-54-48(50)51)61-42(70)32(49)16-29-19-52-21-56-29/h7-8,10-11,18-27,32,34-38,55,66H,9,12-17,49H2,1-6H3,(H,52,56)(H,53,57)(H,58,67)(H,59,72)(H,60,74)(H,61,70)(H,62,68)(H,63,71)(H,64,69)(H,65,73)(H,75,76)(H4,50,51,54)/t24-,25-,26-,27+,32-,34-,35-,36-,37-,38-/m0/s1. The number of aliphatic hydroxyl groups is 1. The molecule has 28 heteroatoms. The Bertz CT molecular complexity index is 2630. The Morgan fingerprint density at radius 1 is 0.605 bits per heavy atom. The number of H-pyrrole nitrogens is 3. The van der Waals surface area contributed by atoms with Crippen molar-refractivity contribution in [1.29, 1.82) is 0 Å². The van der Waals surface area contributed by atoms with E-state index < -0.39 is 114 Å². The molecule has 28 nitrogen and oxygen atoms in total. The molecule has 8 amide bonds. The molecule has 10 atom stereocenters. The van der Waals surface area contributed by atoms with Gasteiger partial charge in [0.25, 0.3) is 0 Å². The van der Waals surface area contributed by atoms with E-state index in [1.807, 2.05) is 18.2 Å². The Labute approximate surface area is 437 Å². The van der Waals surface area contributed by atoms with E-state index in [1.165, 1.54) is 52.7 Å². The highest BCUT2D eigenvalue weighted by molar-refractivity contribution is 5.98. The summed E-state index contributed by atoms with van der Waals surface area (Å²) in [5, 5.41) is 41.2. The van der Waals surface area contributed by atoms with E-state index in [2.05, 4.69) is 72.4 Å². The molecule has 0 spiro atoms. The van der Waals surface area contributed by atoms with Crippen LogP contribution >= 0.6 is 0 Å². The number of carbonyl (C=O) groups excluding carboxylic acids is 8. The van der Waals surface area contributed by atoms with Crippen LogP contribution in [0.25, 0.3) is 10.9 Å². The van der Waals surface area contributed by atoms with Gasteiger partial charge in [-0.2, -0.15) is 0 Å². The number of nitrogens with two attached hydrogens (primary N) is 3. The third kappa shape index (κ3) is 18.8. The van der Waals surface area contributed by atoms with Crippen molar-refractivity contribution in [3.63, 3.8) is 0 Å². The van der Waals surface area contributed by atoms with E-state index in [0.29, 0.717) is 17.0 Å². The molecular weight excluding hydrogens is 991 g/mol. The first-order chi connectivity index (χ1) is 35.9. The van der Waals surface area contributed by atoms with Crippen LogP contribution in [0.1, 0.15) is 77.8 Å². The number of hydrogen-bond acceptors (Lipinski definition) is 14. The predicted octanol–water partition coefficient (Wildman–Crippen LogP) is -3.53. The molecule has 19 N–H and O–H groups in total. The van der Waals surface area contributed by atoms with E-state index in [1.54, 1.807) is 26.1 Å². The van der Waals surface area contributed by atoms with Gasteiger partial charge in [-0.1, -0.05) is 32.0 Å². The first-order valence-electron chi connectivity index (χ1n) is 24.6. The molecule has 0 unspecified atom stereocenters. The number of nitrogens with one attached hydrogen (secondary N) is 11. The number of benzene rings is 1. The number of para-hydroxylation sites is 1. The van der Waals surface area contributed by atoms with Crippen LogP contribution in [-0.4, -0.2) is 161 Å². The number of guanidine groups is 1. The van der Waals surface area contributed by atoms with Crippen LogP contribution < -0.4 is 59.7 Å². The second-order valence-electron chi connectivity index (χ2n) is 18.8. The summed E-state index contributed by atoms with van der Waals surface area (Å²) >= 11 is 0. The molecular formula is C48H71N17O11. The lowest BCUT2D eigenvalue weighted by Gasteiger charge is -2.28. The molecule has 3 aromatic heterocycles. The number of carboxylic acids is 1. The Kier molecular flexibility index (Phi) is 22.9. The number of rotatable bonds is 30. The van der Waals surface area contributed by atoms with Gasteiger partial charge in [0.05, 0.1) is 24.8 Å². The molecule has 414 valence electrons. The Morgan fingerprint density at radius 2 is 1.12 bits per heavy atom. The summed E-state index contributed by atoms with van der Waals surface area (Å²) in [6.07, 6.45) is 5.99. The average molecular weight is 1060 g/mol. The zero-order valence-electron chi connectivity index (χ0n) is 43.1. The summed E-state index contributed by atoms with van der Waals surface area (Å²) in [7, 11) is 0. The highest BCUT2D eigenvalue weighted by Gasteiger charge is 2.35. The van der Waals surface area contributed by atoms with Crippen LogP contribution in [0.5, 0.6) is 0 Å². The Hall–Kier alpha value is -8.40. The lowest BCUT2D eigenvalue weighted by Crippen LogP contribution is -2.61. The van der Waals surface area contributed by atoms with Gasteiger partial charge in [-0.3, -0.25) is 43.3 Å². The number of fused-ring (bicyclic) bond motifs is 1. The van der Waals surface area contributed by atoms with Gasteiger partial charge in [-0.15, -0.1) is 0 Å². The SMILES string of the molecule is CC(C)C[C@H](NC(=O)[C@H](C)NC(=O)[C@H](Cc1c[nH]c2ccccc12)NC(=O)[C@H](CCCN=C(N)N)NC(=O)[C@@H](N)Cc1cnc[nH]1)C(=O)N[C@H](C(=O)N[C@@H](C)C(=O)N[C@@H](C)C(=O)N[C@@H](Cc1cnc[nH]1)C(=O)O)[C@@H](C)O. The summed E-state index contributed by atoms with van der Waals surface area (Å²) in [6.45, 7) is 8.79. The molecule has 0 saturated heterocycles. The number of hydrogen-bond donors (Lipinski definition) is 16. The van der Waals surface area contributed by atoms with Crippen molar-refractivity contribution in [2.75, 3.05) is 6.54 Å². The molecule has 0 aliphatic carbocycles. The number of aliphatic hydroxyl groups excluding tert-OH is 1. The third-order valence-electron chi connectivity index (χ3n) is 11.9. The first kappa shape index (κ1) is 60.2. The predicted molar refractivity (Wildman–Crippen MR) is 276 cm³/mol. The van der Waals surface area contributed by atoms with Crippen LogP contribution in [0, 0.1) is 5.92 Å². The maximum Gasteiger partial charge on any atom is 0.326 e. The normalized spacial score (nSPS) is 15.2. The van der Waals surface area contributed by atoms with Crippen molar-refractivity contribution in [3.8, 4) is 0 Å². The second-order valence-corrected chi connectivity index (χ2v) is 18.8. The molecule has 0 bridgehead atoms. The average Bonchev–Trinajstić information content (AvgIpc) is 4.16. The molecule has 0 aliphatic heterocycles. The van der Waals surface area contributed by atoms with Crippen LogP contribution in [0.15, 0.2) is 60.5 Å². The van der Waals surface area contributed by atoms with Crippen molar-refractivity contribution in [2.24, 2.45) is 28.1 Å². The van der Waals surface area contributed by atoms with Crippen molar-refractivity contribution >= 4 is 70.1 Å². The fourth-order valence-electron chi connectivity index (χ4n) is 7.70. The summed E-state index contributed by atoms with van der Waals surface area (Å²) in [6, 6.07) is -4.66. The number of aromatic amines is 3. The van der Waals surface area contributed by atoms with Gasteiger partial charge >= 0.3 is 5.97 Å². The van der Waals surface area contributed by atoms with Crippen LogP contribution in [0.3, 0.4) is 0 Å². The zero-order valence-corrected chi connectivity index (χ0v) is 43.1. The van der Waals surface area contributed by atoms with Crippen LogP contribution in [-0.2, 0) is 62.4 Å². The molecule has 3 heterocycles. The summed E-state index contributed by atoms with van der Waals surface area (Å²) < 4.78 is 0. The van der Waals surface area contributed by atoms with E-state index in [0.717, 1.165) is 10.9 Å². The van der Waals surface area contributed by atoms with Crippen LogP contribution in [0.4, 0.5) is 0 Å². The molecule has 76 heavy (non-hydrogen) atoms. The second kappa shape index (κ2) is 28.9. The van der Waals surface area contributed by atoms with Crippen molar-refractivity contribution in [3.05, 3.63) is 72.5 Å². The van der Waals surface area contributed by atoms with Gasteiger partial charge < -0.3 is 84.9 Å². The van der Waals surface area contributed by atoms with Gasteiger partial charge in [0.2, 0.25) is 47.3 Å². The maximum atomic E-state index is 14.3. The van der Waals surface area contributed by atoms with Gasteiger partial charge in [0.1, 0.15) is 48.3 Å². The molecule has 0 aliphatic rings. The molecule has 0 radical (unpaired) electrons. The van der Waals surface area contributed by atoms with Gasteiger partial charge in [-0.25, -0.2) is 14.8 Å². The number of amides is 8. The highest BCUT2D eigenvalue weighted by Crippen LogP contribution is 2.20. The maximum absolute atomic E-state index is 14.3. The Morgan fingerprint density at radius 3 is 1.68 bits per heavy atom. The number of aliphatic carboxylic acids is 1. The minimum Gasteiger partial charge on any atom is -0.480 e. The van der Waals surface area contributed by atoms with E-state index in [-0.39, 0.29) is 56.9 Å². The lowest BCUT2D eigenvalue weighted by atomic mass is 10.0. The minimum atomic E-state index is -1.66. The number of imidazole rings is 2. The van der Waals surface area contributed by atoms with E-state index in [4.69, 9.17) is 17.2 Å². The van der Waals surface area contributed by atoms with E-state index in [9.17, 15) is 53.4 Å². The van der Waals surface area contributed by atoms with E-state index >= 15 is 0 Å². The summed E-state index contributed by atoms with van der Waals surface area (Å²) in [5.41, 5.74) is 19.6. The fraction of sp³-hybridized carbons (Fsp3) is 0.500. The largest absolute Gasteiger partial charge is 0.480 e. The number of carboxylic acid groups (broad SMARTS) is 1. The summed E-state index contributed by atoms with van der Waals surface area (Å²) in [5.74, 6) is -8.36. The fourth-order valence-corrected chi connectivity index (χ4v) is 7.70. The third-order valence-corrected chi connectivity index (χ3v) is 11.9. The van der Waals surface area contributed by atoms with Crippen LogP contribution in [0.2, 0.25) is 0 Å². The van der Waals surface area contributed by atoms with Gasteiger partial charge in [-0.05, 0) is 64.5 Å². The van der Waals surface area contributed by atoms with Crippen molar-refractivity contribution in [2.45, 2.75) is 141 Å². The monoisotopic (exact) mass is 1060 g/mol. The molecule has 4 rings (SSSR count). The first-order valence-corrected chi connectivity index (χ1v) is 24.6. The van der Waals surface area contributed by atoms with Gasteiger partial charge in [0, 0.05) is 66.7 Å². The quantitative estimate of drug-likeness (QED) is 0.0137. The Balaban J connectivity index is 1.45. The smallest absolute Gasteiger partial charge is 0.326 e. The lowest BCUT2D eigenvalue weighted by molar-refractivity contribution is -0.142. The molecule has 0 fully saturated rings. The topological polar surface area (TPSA) is 454 Å².